The molecule has 2 rings (SSSR count). The highest BCUT2D eigenvalue weighted by molar-refractivity contribution is 5.87. The van der Waals surface area contributed by atoms with E-state index in [1.807, 2.05) is 37.3 Å². The van der Waals surface area contributed by atoms with Gasteiger partial charge in [-0.1, -0.05) is 30.3 Å². The molecule has 1 atom stereocenters. The monoisotopic (exact) mass is 274 g/mol. The van der Waals surface area contributed by atoms with Crippen LogP contribution in [-0.4, -0.2) is 34.4 Å². The lowest BCUT2D eigenvalue weighted by atomic mass is 10.2. The minimum atomic E-state index is -0.539. The lowest BCUT2D eigenvalue weighted by Gasteiger charge is -2.32. The molecule has 0 saturated heterocycles. The SMILES string of the molecule is CCN1C=CN(C(=O)OCc2ccccc2)[C@H](C)C1=O. The van der Waals surface area contributed by atoms with Crippen molar-refractivity contribution in [2.45, 2.75) is 26.5 Å². The molecule has 1 aromatic rings. The minimum absolute atomic E-state index is 0.105. The summed E-state index contributed by atoms with van der Waals surface area (Å²) in [5.41, 5.74) is 0.913. The van der Waals surface area contributed by atoms with E-state index < -0.39 is 12.1 Å². The average molecular weight is 274 g/mol. The summed E-state index contributed by atoms with van der Waals surface area (Å²) in [6, 6.07) is 8.89. The summed E-state index contributed by atoms with van der Waals surface area (Å²) in [5, 5.41) is 0. The van der Waals surface area contributed by atoms with Gasteiger partial charge in [0.25, 0.3) is 0 Å². The van der Waals surface area contributed by atoms with Gasteiger partial charge in [-0.05, 0) is 19.4 Å². The second-order valence-corrected chi connectivity index (χ2v) is 4.55. The van der Waals surface area contributed by atoms with E-state index in [2.05, 4.69) is 0 Å². The van der Waals surface area contributed by atoms with Gasteiger partial charge in [0.05, 0.1) is 0 Å². The number of carbonyl (C=O) groups is 2. The molecule has 20 heavy (non-hydrogen) atoms. The number of amides is 2. The summed E-state index contributed by atoms with van der Waals surface area (Å²) in [6.07, 6.45) is 2.68. The first kappa shape index (κ1) is 14.1. The van der Waals surface area contributed by atoms with Gasteiger partial charge in [-0.15, -0.1) is 0 Å². The molecule has 2 amide bonds. The molecule has 0 spiro atoms. The molecule has 5 heteroatoms. The quantitative estimate of drug-likeness (QED) is 0.850. The van der Waals surface area contributed by atoms with Crippen molar-refractivity contribution in [3.8, 4) is 0 Å². The van der Waals surface area contributed by atoms with Crippen molar-refractivity contribution in [3.63, 3.8) is 0 Å². The summed E-state index contributed by atoms with van der Waals surface area (Å²) in [4.78, 5) is 26.9. The maximum absolute atomic E-state index is 12.0. The molecule has 5 nitrogen and oxygen atoms in total. The Morgan fingerprint density at radius 2 is 1.95 bits per heavy atom. The Morgan fingerprint density at radius 3 is 2.60 bits per heavy atom. The third-order valence-corrected chi connectivity index (χ3v) is 3.22. The maximum Gasteiger partial charge on any atom is 0.414 e. The van der Waals surface area contributed by atoms with E-state index in [0.717, 1.165) is 5.56 Å². The van der Waals surface area contributed by atoms with Crippen molar-refractivity contribution in [2.75, 3.05) is 6.54 Å². The van der Waals surface area contributed by atoms with Crippen LogP contribution < -0.4 is 0 Å². The van der Waals surface area contributed by atoms with Gasteiger partial charge in [-0.3, -0.25) is 9.69 Å². The van der Waals surface area contributed by atoms with E-state index in [4.69, 9.17) is 4.74 Å². The van der Waals surface area contributed by atoms with Gasteiger partial charge in [0.2, 0.25) is 5.91 Å². The van der Waals surface area contributed by atoms with Crippen LogP contribution in [-0.2, 0) is 16.1 Å². The molecule has 0 bridgehead atoms. The van der Waals surface area contributed by atoms with Crippen LogP contribution in [0.2, 0.25) is 0 Å². The fourth-order valence-corrected chi connectivity index (χ4v) is 1.99. The fraction of sp³-hybridized carbons (Fsp3) is 0.333. The zero-order valence-electron chi connectivity index (χ0n) is 11.7. The number of benzene rings is 1. The molecule has 0 fully saturated rings. The van der Waals surface area contributed by atoms with Crippen molar-refractivity contribution in [1.82, 2.24) is 9.80 Å². The van der Waals surface area contributed by atoms with Crippen molar-refractivity contribution >= 4 is 12.0 Å². The van der Waals surface area contributed by atoms with Crippen molar-refractivity contribution in [1.29, 1.82) is 0 Å². The highest BCUT2D eigenvalue weighted by Gasteiger charge is 2.31. The van der Waals surface area contributed by atoms with E-state index in [1.54, 1.807) is 24.2 Å². The molecule has 0 radical (unpaired) electrons. The smallest absolute Gasteiger partial charge is 0.414 e. The lowest BCUT2D eigenvalue weighted by Crippen LogP contribution is -2.49. The van der Waals surface area contributed by atoms with Gasteiger partial charge in [0.15, 0.2) is 0 Å². The second kappa shape index (κ2) is 6.23. The van der Waals surface area contributed by atoms with Crippen LogP contribution in [0.15, 0.2) is 42.7 Å². The Hall–Kier alpha value is -2.30. The van der Waals surface area contributed by atoms with Crippen LogP contribution in [0.4, 0.5) is 4.79 Å². The summed E-state index contributed by atoms with van der Waals surface area (Å²) >= 11 is 0. The lowest BCUT2D eigenvalue weighted by molar-refractivity contribution is -0.133. The third kappa shape index (κ3) is 2.99. The van der Waals surface area contributed by atoms with E-state index >= 15 is 0 Å². The third-order valence-electron chi connectivity index (χ3n) is 3.22. The van der Waals surface area contributed by atoms with E-state index in [-0.39, 0.29) is 12.5 Å². The fourth-order valence-electron chi connectivity index (χ4n) is 1.99. The summed E-state index contributed by atoms with van der Waals surface area (Å²) < 4.78 is 5.22. The maximum atomic E-state index is 12.0. The summed E-state index contributed by atoms with van der Waals surface area (Å²) in [7, 11) is 0. The molecule has 1 aromatic carbocycles. The van der Waals surface area contributed by atoms with Gasteiger partial charge >= 0.3 is 6.09 Å². The predicted molar refractivity (Wildman–Crippen MR) is 74.5 cm³/mol. The standard InChI is InChI=1S/C15H18N2O3/c1-3-16-9-10-17(12(2)14(16)18)15(19)20-11-13-7-5-4-6-8-13/h4-10,12H,3,11H2,1-2H3/t12-/m1/s1. The Bertz CT molecular complexity index is 513. The molecular formula is C15H18N2O3. The Balaban J connectivity index is 1.97. The van der Waals surface area contributed by atoms with Crippen molar-refractivity contribution < 1.29 is 14.3 Å². The zero-order chi connectivity index (χ0) is 14.5. The summed E-state index contributed by atoms with van der Waals surface area (Å²) in [5.74, 6) is -0.105. The second-order valence-electron chi connectivity index (χ2n) is 4.55. The minimum Gasteiger partial charge on any atom is -0.444 e. The number of ether oxygens (including phenoxy) is 1. The first-order chi connectivity index (χ1) is 9.63. The normalized spacial score (nSPS) is 18.3. The van der Waals surface area contributed by atoms with Gasteiger partial charge < -0.3 is 9.64 Å². The Labute approximate surface area is 118 Å². The largest absolute Gasteiger partial charge is 0.444 e. The number of nitrogens with zero attached hydrogens (tertiary/aromatic N) is 2. The van der Waals surface area contributed by atoms with Crippen LogP contribution in [0.3, 0.4) is 0 Å². The summed E-state index contributed by atoms with van der Waals surface area (Å²) in [6.45, 7) is 4.37. The van der Waals surface area contributed by atoms with Crippen LogP contribution in [0.1, 0.15) is 19.4 Å². The molecule has 1 aliphatic rings. The number of rotatable bonds is 3. The van der Waals surface area contributed by atoms with Crippen LogP contribution in [0.5, 0.6) is 0 Å². The Morgan fingerprint density at radius 1 is 1.25 bits per heavy atom. The molecule has 1 heterocycles. The van der Waals surface area contributed by atoms with Crippen LogP contribution >= 0.6 is 0 Å². The zero-order valence-corrected chi connectivity index (χ0v) is 11.7. The Kier molecular flexibility index (Phi) is 4.40. The van der Waals surface area contributed by atoms with Gasteiger partial charge in [0, 0.05) is 18.9 Å². The van der Waals surface area contributed by atoms with E-state index in [0.29, 0.717) is 6.54 Å². The van der Waals surface area contributed by atoms with Crippen LogP contribution in [0, 0.1) is 0 Å². The van der Waals surface area contributed by atoms with Gasteiger partial charge in [-0.2, -0.15) is 0 Å². The van der Waals surface area contributed by atoms with E-state index in [1.165, 1.54) is 4.90 Å². The number of hydrogen-bond acceptors (Lipinski definition) is 3. The highest BCUT2D eigenvalue weighted by Crippen LogP contribution is 2.14. The first-order valence-electron chi connectivity index (χ1n) is 6.61. The van der Waals surface area contributed by atoms with Crippen molar-refractivity contribution in [3.05, 3.63) is 48.3 Å². The molecule has 0 unspecified atom stereocenters. The first-order valence-corrected chi connectivity index (χ1v) is 6.61. The van der Waals surface area contributed by atoms with Gasteiger partial charge in [-0.25, -0.2) is 4.79 Å². The average Bonchev–Trinajstić information content (AvgIpc) is 2.48. The molecule has 106 valence electrons. The molecular weight excluding hydrogens is 256 g/mol. The van der Waals surface area contributed by atoms with Crippen molar-refractivity contribution in [2.24, 2.45) is 0 Å². The highest BCUT2D eigenvalue weighted by atomic mass is 16.6. The molecule has 0 aliphatic carbocycles. The number of hydrogen-bond donors (Lipinski definition) is 0. The molecule has 0 saturated carbocycles. The predicted octanol–water partition coefficient (Wildman–Crippen LogP) is 2.35. The number of likely N-dealkylation sites (N-methyl/N-ethyl adjacent to an activating group) is 1. The molecule has 1 aliphatic heterocycles. The molecule has 0 aromatic heterocycles. The molecule has 0 N–H and O–H groups in total. The van der Waals surface area contributed by atoms with E-state index in [9.17, 15) is 9.59 Å². The van der Waals surface area contributed by atoms with Crippen LogP contribution in [0.25, 0.3) is 0 Å². The number of carbonyl (C=O) groups excluding carboxylic acids is 2. The topological polar surface area (TPSA) is 49.9 Å². The van der Waals surface area contributed by atoms with Gasteiger partial charge in [0.1, 0.15) is 12.6 Å².